The minimum absolute atomic E-state index is 0.550. The van der Waals surface area contributed by atoms with Crippen LogP contribution in [0.5, 0.6) is 11.5 Å². The van der Waals surface area contributed by atoms with E-state index in [2.05, 4.69) is 13.8 Å². The second kappa shape index (κ2) is 7.12. The number of rotatable bonds is 4. The van der Waals surface area contributed by atoms with Crippen molar-refractivity contribution < 1.29 is 14.3 Å². The largest absolute Gasteiger partial charge is 0.519 e. The van der Waals surface area contributed by atoms with Crippen LogP contribution in [0.15, 0.2) is 36.4 Å². The maximum atomic E-state index is 12.0. The van der Waals surface area contributed by atoms with Gasteiger partial charge in [-0.05, 0) is 61.1 Å². The Hall–Kier alpha value is -2.29. The Morgan fingerprint density at radius 2 is 1.23 bits per heavy atom. The molecule has 0 spiro atoms. The first-order valence-corrected chi connectivity index (χ1v) is 7.63. The van der Waals surface area contributed by atoms with Gasteiger partial charge in [0.1, 0.15) is 11.5 Å². The van der Waals surface area contributed by atoms with Gasteiger partial charge < -0.3 is 9.47 Å². The summed E-state index contributed by atoms with van der Waals surface area (Å²) in [6.07, 6.45) is 1.10. The van der Waals surface area contributed by atoms with Gasteiger partial charge in [0.2, 0.25) is 0 Å². The lowest BCUT2D eigenvalue weighted by Gasteiger charge is -2.12. The second-order valence-electron chi connectivity index (χ2n) is 5.24. The lowest BCUT2D eigenvalue weighted by Crippen LogP contribution is -2.15. The summed E-state index contributed by atoms with van der Waals surface area (Å²) in [6.45, 7) is 8.04. The number of hydrogen-bond donors (Lipinski definition) is 0. The van der Waals surface area contributed by atoms with Gasteiger partial charge in [-0.25, -0.2) is 4.79 Å². The van der Waals surface area contributed by atoms with Crippen molar-refractivity contribution in [3.63, 3.8) is 0 Å². The van der Waals surface area contributed by atoms with E-state index in [1.807, 2.05) is 38.1 Å². The summed E-state index contributed by atoms with van der Waals surface area (Å²) in [5.41, 5.74) is 4.27. The first-order chi connectivity index (χ1) is 10.6. The zero-order valence-electron chi connectivity index (χ0n) is 13.6. The Morgan fingerprint density at radius 1 is 0.818 bits per heavy atom. The van der Waals surface area contributed by atoms with Crippen LogP contribution in [-0.4, -0.2) is 6.16 Å². The van der Waals surface area contributed by atoms with Gasteiger partial charge in [0, 0.05) is 0 Å². The van der Waals surface area contributed by atoms with E-state index < -0.39 is 6.16 Å². The predicted molar refractivity (Wildman–Crippen MR) is 87.8 cm³/mol. The van der Waals surface area contributed by atoms with Crippen molar-refractivity contribution in [2.24, 2.45) is 0 Å². The van der Waals surface area contributed by atoms with Gasteiger partial charge in [-0.15, -0.1) is 0 Å². The molecule has 0 fully saturated rings. The molecule has 0 heterocycles. The summed E-state index contributed by atoms with van der Waals surface area (Å²) in [5.74, 6) is 1.10. The molecular formula is C19H22O3. The first-order valence-electron chi connectivity index (χ1n) is 7.63. The predicted octanol–water partition coefficient (Wildman–Crippen LogP) is 5.01. The van der Waals surface area contributed by atoms with Crippen LogP contribution in [0.25, 0.3) is 0 Å². The molecule has 0 saturated heterocycles. The second-order valence-corrected chi connectivity index (χ2v) is 5.24. The van der Waals surface area contributed by atoms with E-state index in [0.717, 1.165) is 35.1 Å². The molecule has 0 saturated carbocycles. The number of hydrogen-bond acceptors (Lipinski definition) is 3. The van der Waals surface area contributed by atoms with E-state index in [-0.39, 0.29) is 0 Å². The zero-order valence-corrected chi connectivity index (χ0v) is 13.6. The Labute approximate surface area is 131 Å². The van der Waals surface area contributed by atoms with Crippen molar-refractivity contribution in [1.82, 2.24) is 0 Å². The molecule has 0 atom stereocenters. The molecule has 2 aromatic carbocycles. The number of carbonyl (C=O) groups is 1. The lowest BCUT2D eigenvalue weighted by atomic mass is 10.1. The number of carbonyl (C=O) groups excluding carboxylic acids is 1. The minimum Gasteiger partial charge on any atom is -0.394 e. The van der Waals surface area contributed by atoms with E-state index in [1.165, 1.54) is 0 Å². The van der Waals surface area contributed by atoms with Gasteiger partial charge in [-0.2, -0.15) is 0 Å². The number of ether oxygens (including phenoxy) is 2. The van der Waals surface area contributed by atoms with E-state index in [0.29, 0.717) is 11.5 Å². The van der Waals surface area contributed by atoms with Crippen molar-refractivity contribution in [1.29, 1.82) is 0 Å². The Morgan fingerprint density at radius 3 is 1.59 bits per heavy atom. The fraction of sp³-hybridized carbons (Fsp3) is 0.316. The highest BCUT2D eigenvalue weighted by Crippen LogP contribution is 2.25. The smallest absolute Gasteiger partial charge is 0.394 e. The molecule has 0 radical (unpaired) electrons. The molecule has 0 aliphatic rings. The molecule has 0 amide bonds. The Balaban J connectivity index is 2.14. The summed E-state index contributed by atoms with van der Waals surface area (Å²) >= 11 is 0. The third kappa shape index (κ3) is 3.48. The fourth-order valence-electron chi connectivity index (χ4n) is 2.51. The van der Waals surface area contributed by atoms with Crippen LogP contribution in [0.2, 0.25) is 0 Å². The first kappa shape index (κ1) is 16.1. The quantitative estimate of drug-likeness (QED) is 0.588. The fourth-order valence-corrected chi connectivity index (χ4v) is 2.51. The lowest BCUT2D eigenvalue weighted by molar-refractivity contribution is 0.151. The molecule has 3 heteroatoms. The third-order valence-corrected chi connectivity index (χ3v) is 3.94. The van der Waals surface area contributed by atoms with Crippen LogP contribution >= 0.6 is 0 Å². The van der Waals surface area contributed by atoms with E-state index in [9.17, 15) is 4.79 Å². The normalized spacial score (nSPS) is 10.4. The maximum absolute atomic E-state index is 12.0. The Kier molecular flexibility index (Phi) is 5.21. The molecule has 2 aromatic rings. The van der Waals surface area contributed by atoms with Gasteiger partial charge in [0.25, 0.3) is 0 Å². The summed E-state index contributed by atoms with van der Waals surface area (Å²) in [5, 5.41) is 0. The maximum Gasteiger partial charge on any atom is 0.519 e. The van der Waals surface area contributed by atoms with Crippen LogP contribution in [0, 0.1) is 13.8 Å². The van der Waals surface area contributed by atoms with Crippen molar-refractivity contribution in [2.45, 2.75) is 40.5 Å². The molecular weight excluding hydrogens is 276 g/mol. The molecule has 0 unspecified atom stereocenters. The number of aryl methyl sites for hydroxylation is 2. The summed E-state index contributed by atoms with van der Waals surface area (Å²) in [6, 6.07) is 11.4. The average molecular weight is 298 g/mol. The van der Waals surface area contributed by atoms with Crippen molar-refractivity contribution in [3.8, 4) is 11.5 Å². The monoisotopic (exact) mass is 298 g/mol. The van der Waals surface area contributed by atoms with Crippen LogP contribution < -0.4 is 9.47 Å². The van der Waals surface area contributed by atoms with Gasteiger partial charge in [-0.1, -0.05) is 38.1 Å². The standard InChI is InChI=1S/C19H22O3/c1-5-15-9-7-11-17(13(15)3)21-19(20)22-18-12-8-10-16(6-2)14(18)4/h7-12H,5-6H2,1-4H3. The van der Waals surface area contributed by atoms with Crippen molar-refractivity contribution in [3.05, 3.63) is 58.7 Å². The van der Waals surface area contributed by atoms with Crippen LogP contribution in [0.3, 0.4) is 0 Å². The van der Waals surface area contributed by atoms with E-state index in [1.54, 1.807) is 12.1 Å². The van der Waals surface area contributed by atoms with Crippen LogP contribution in [-0.2, 0) is 12.8 Å². The third-order valence-electron chi connectivity index (χ3n) is 3.94. The van der Waals surface area contributed by atoms with Gasteiger partial charge in [0.05, 0.1) is 0 Å². The Bertz CT molecular complexity index is 617. The molecule has 2 rings (SSSR count). The van der Waals surface area contributed by atoms with Crippen LogP contribution in [0.1, 0.15) is 36.1 Å². The highest BCUT2D eigenvalue weighted by Gasteiger charge is 2.13. The molecule has 0 aliphatic carbocycles. The van der Waals surface area contributed by atoms with Gasteiger partial charge >= 0.3 is 6.16 Å². The molecule has 22 heavy (non-hydrogen) atoms. The molecule has 0 aromatic heterocycles. The van der Waals surface area contributed by atoms with Crippen LogP contribution in [0.4, 0.5) is 4.79 Å². The summed E-state index contributed by atoms with van der Waals surface area (Å²) < 4.78 is 10.7. The minimum atomic E-state index is -0.701. The molecule has 0 aliphatic heterocycles. The molecule has 3 nitrogen and oxygen atoms in total. The molecule has 0 bridgehead atoms. The SMILES string of the molecule is CCc1cccc(OC(=O)Oc2cccc(CC)c2C)c1C. The zero-order chi connectivity index (χ0) is 16.1. The highest BCUT2D eigenvalue weighted by atomic mass is 16.7. The van der Waals surface area contributed by atoms with Crippen molar-refractivity contribution >= 4 is 6.16 Å². The van der Waals surface area contributed by atoms with E-state index in [4.69, 9.17) is 9.47 Å². The van der Waals surface area contributed by atoms with Gasteiger partial charge in [-0.3, -0.25) is 0 Å². The van der Waals surface area contributed by atoms with Crippen molar-refractivity contribution in [2.75, 3.05) is 0 Å². The summed E-state index contributed by atoms with van der Waals surface area (Å²) in [4.78, 5) is 12.0. The highest BCUT2D eigenvalue weighted by molar-refractivity contribution is 5.68. The van der Waals surface area contributed by atoms with Gasteiger partial charge in [0.15, 0.2) is 0 Å². The summed E-state index contributed by atoms with van der Waals surface area (Å²) in [7, 11) is 0. The number of benzene rings is 2. The molecule has 116 valence electrons. The van der Waals surface area contributed by atoms with E-state index >= 15 is 0 Å². The average Bonchev–Trinajstić information content (AvgIpc) is 2.51. The topological polar surface area (TPSA) is 35.5 Å². The molecule has 0 N–H and O–H groups in total.